The number of thioether (sulfide) groups is 1. The molecular weight excluding hydrogens is 304 g/mol. The van der Waals surface area contributed by atoms with Crippen molar-refractivity contribution in [2.24, 2.45) is 0 Å². The molecule has 0 spiro atoms. The van der Waals surface area contributed by atoms with Crippen molar-refractivity contribution < 1.29 is 4.92 Å². The monoisotopic (exact) mass is 305 g/mol. The summed E-state index contributed by atoms with van der Waals surface area (Å²) in [7, 11) is 0. The highest BCUT2D eigenvalue weighted by atomic mass is 35.6. The van der Waals surface area contributed by atoms with Gasteiger partial charge < -0.3 is 0 Å². The zero-order valence-corrected chi connectivity index (χ0v) is 10.8. The second-order valence-electron chi connectivity index (χ2n) is 2.42. The highest BCUT2D eigenvalue weighted by Crippen LogP contribution is 2.46. The molecule has 1 aromatic rings. The molecule has 0 atom stereocenters. The number of hydrogen-bond acceptors (Lipinski definition) is 3. The summed E-state index contributed by atoms with van der Waals surface area (Å²) in [6.07, 6.45) is 0. The number of nitro groups is 1. The van der Waals surface area contributed by atoms with E-state index in [1.165, 1.54) is 18.2 Å². The third-order valence-corrected chi connectivity index (χ3v) is 3.28. The van der Waals surface area contributed by atoms with Gasteiger partial charge >= 0.3 is 0 Å². The molecule has 0 aromatic heterocycles. The summed E-state index contributed by atoms with van der Waals surface area (Å²) >= 11 is 23.3. The van der Waals surface area contributed by atoms with Crippen LogP contribution in [0.3, 0.4) is 0 Å². The van der Waals surface area contributed by atoms with E-state index in [4.69, 9.17) is 46.4 Å². The van der Waals surface area contributed by atoms with Crippen molar-refractivity contribution in [1.82, 2.24) is 0 Å². The number of non-ortho nitro benzene ring substituents is 1. The molecule has 0 saturated carbocycles. The van der Waals surface area contributed by atoms with Gasteiger partial charge in [-0.2, -0.15) is 0 Å². The maximum Gasteiger partial charge on any atom is 0.270 e. The van der Waals surface area contributed by atoms with Crippen molar-refractivity contribution >= 4 is 63.9 Å². The van der Waals surface area contributed by atoms with Crippen molar-refractivity contribution in [3.8, 4) is 0 Å². The third-order valence-electron chi connectivity index (χ3n) is 1.35. The van der Waals surface area contributed by atoms with Crippen LogP contribution in [0.1, 0.15) is 0 Å². The fourth-order valence-electron chi connectivity index (χ4n) is 0.811. The number of halogens is 4. The first-order chi connectivity index (χ1) is 6.79. The summed E-state index contributed by atoms with van der Waals surface area (Å²) < 4.78 is -1.54. The van der Waals surface area contributed by atoms with E-state index in [0.717, 1.165) is 11.8 Å². The molecule has 0 aliphatic heterocycles. The molecule has 8 heteroatoms. The molecule has 0 N–H and O–H groups in total. The van der Waals surface area contributed by atoms with Crippen LogP contribution in [0.4, 0.5) is 5.69 Å². The van der Waals surface area contributed by atoms with E-state index in [1.807, 2.05) is 0 Å². The topological polar surface area (TPSA) is 43.1 Å². The Labute approximate surface area is 110 Å². The van der Waals surface area contributed by atoms with Gasteiger partial charge in [0.05, 0.1) is 9.95 Å². The van der Waals surface area contributed by atoms with Gasteiger partial charge in [-0.3, -0.25) is 10.1 Å². The number of nitrogens with zero attached hydrogens (tertiary/aromatic N) is 1. The highest BCUT2D eigenvalue weighted by molar-refractivity contribution is 8.04. The van der Waals surface area contributed by atoms with E-state index in [2.05, 4.69) is 0 Å². The number of alkyl halides is 3. The molecule has 0 fully saturated rings. The Morgan fingerprint density at radius 1 is 1.33 bits per heavy atom. The zero-order chi connectivity index (χ0) is 11.6. The Balaban J connectivity index is 2.99. The molecule has 0 amide bonds. The Kier molecular flexibility index (Phi) is 4.38. The van der Waals surface area contributed by atoms with Gasteiger partial charge in [-0.15, -0.1) is 0 Å². The SMILES string of the molecule is O=[N+]([O-])c1ccc(SC(Cl)(Cl)Cl)c(Cl)c1. The van der Waals surface area contributed by atoms with E-state index in [9.17, 15) is 10.1 Å². The van der Waals surface area contributed by atoms with Crippen LogP contribution in [0.15, 0.2) is 23.1 Å². The van der Waals surface area contributed by atoms with E-state index < -0.39 is 8.05 Å². The van der Waals surface area contributed by atoms with Gasteiger partial charge in [-0.05, 0) is 6.07 Å². The quantitative estimate of drug-likeness (QED) is 0.345. The van der Waals surface area contributed by atoms with Crippen molar-refractivity contribution in [2.45, 2.75) is 8.02 Å². The first-order valence-corrected chi connectivity index (χ1v) is 5.82. The van der Waals surface area contributed by atoms with Crippen LogP contribution in [0.2, 0.25) is 5.02 Å². The molecule has 82 valence electrons. The Morgan fingerprint density at radius 2 is 1.93 bits per heavy atom. The molecule has 0 saturated heterocycles. The van der Waals surface area contributed by atoms with Crippen LogP contribution in [0.5, 0.6) is 0 Å². The zero-order valence-electron chi connectivity index (χ0n) is 6.92. The van der Waals surface area contributed by atoms with Gasteiger partial charge in [0.1, 0.15) is 0 Å². The lowest BCUT2D eigenvalue weighted by Gasteiger charge is -2.10. The third kappa shape index (κ3) is 4.25. The number of rotatable bonds is 2. The lowest BCUT2D eigenvalue weighted by molar-refractivity contribution is -0.384. The van der Waals surface area contributed by atoms with Crippen LogP contribution < -0.4 is 0 Å². The van der Waals surface area contributed by atoms with Gasteiger partial charge in [0, 0.05) is 17.0 Å². The van der Waals surface area contributed by atoms with Gasteiger partial charge in [-0.25, -0.2) is 0 Å². The molecule has 0 bridgehead atoms. The minimum absolute atomic E-state index is 0.103. The van der Waals surface area contributed by atoms with Crippen molar-refractivity contribution in [3.05, 3.63) is 33.3 Å². The van der Waals surface area contributed by atoms with E-state index in [-0.39, 0.29) is 10.7 Å². The second-order valence-corrected chi connectivity index (χ2v) is 7.04. The standard InChI is InChI=1S/C7H3Cl4NO2S/c8-5-3-4(12(13)14)1-2-6(5)15-7(9,10)11/h1-3H. The number of hydrogen-bond donors (Lipinski definition) is 0. The predicted molar refractivity (Wildman–Crippen MR) is 64.3 cm³/mol. The van der Waals surface area contributed by atoms with Gasteiger partial charge in [-0.1, -0.05) is 58.2 Å². The Bertz CT molecular complexity index is 393. The summed E-state index contributed by atoms with van der Waals surface area (Å²) in [5, 5.41) is 10.6. The lowest BCUT2D eigenvalue weighted by atomic mass is 10.3. The molecular formula is C7H3Cl4NO2S. The number of nitro benzene ring substituents is 1. The highest BCUT2D eigenvalue weighted by Gasteiger charge is 2.23. The molecule has 0 unspecified atom stereocenters. The minimum Gasteiger partial charge on any atom is -0.258 e. The first kappa shape index (κ1) is 13.2. The molecule has 15 heavy (non-hydrogen) atoms. The lowest BCUT2D eigenvalue weighted by Crippen LogP contribution is -1.94. The minimum atomic E-state index is -1.54. The van der Waals surface area contributed by atoms with E-state index in [0.29, 0.717) is 4.90 Å². The summed E-state index contributed by atoms with van der Waals surface area (Å²) in [6.45, 7) is 0. The summed E-state index contributed by atoms with van der Waals surface area (Å²) in [4.78, 5) is 10.3. The second kappa shape index (κ2) is 4.97. The Hall–Kier alpha value is 0.130. The van der Waals surface area contributed by atoms with E-state index >= 15 is 0 Å². The molecule has 0 aliphatic rings. The van der Waals surface area contributed by atoms with Crippen molar-refractivity contribution in [2.75, 3.05) is 0 Å². The average molecular weight is 307 g/mol. The normalized spacial score (nSPS) is 11.5. The largest absolute Gasteiger partial charge is 0.270 e. The maximum atomic E-state index is 10.4. The fourth-order valence-corrected chi connectivity index (χ4v) is 2.39. The fraction of sp³-hybridized carbons (Fsp3) is 0.143. The summed E-state index contributed by atoms with van der Waals surface area (Å²) in [6, 6.07) is 3.94. The molecule has 3 nitrogen and oxygen atoms in total. The molecule has 1 rings (SSSR count). The first-order valence-electron chi connectivity index (χ1n) is 3.49. The van der Waals surface area contributed by atoms with Gasteiger partial charge in [0.15, 0.2) is 0 Å². The van der Waals surface area contributed by atoms with Crippen LogP contribution >= 0.6 is 58.2 Å². The van der Waals surface area contributed by atoms with Gasteiger partial charge in [0.2, 0.25) is 3.12 Å². The summed E-state index contributed by atoms with van der Waals surface area (Å²) in [5.74, 6) is 0. The van der Waals surface area contributed by atoms with E-state index in [1.54, 1.807) is 0 Å². The van der Waals surface area contributed by atoms with Crippen LogP contribution in [0.25, 0.3) is 0 Å². The Morgan fingerprint density at radius 3 is 2.33 bits per heavy atom. The summed E-state index contributed by atoms with van der Waals surface area (Å²) in [5.41, 5.74) is -0.103. The smallest absolute Gasteiger partial charge is 0.258 e. The average Bonchev–Trinajstić information content (AvgIpc) is 2.05. The maximum absolute atomic E-state index is 10.4. The van der Waals surface area contributed by atoms with Gasteiger partial charge in [0.25, 0.3) is 5.69 Å². The van der Waals surface area contributed by atoms with Crippen LogP contribution in [0, 0.1) is 10.1 Å². The molecule has 0 heterocycles. The molecule has 0 radical (unpaired) electrons. The molecule has 0 aliphatic carbocycles. The van der Waals surface area contributed by atoms with Crippen LogP contribution in [-0.4, -0.2) is 8.05 Å². The predicted octanol–water partition coefficient (Wildman–Crippen LogP) is 4.67. The van der Waals surface area contributed by atoms with Crippen molar-refractivity contribution in [1.29, 1.82) is 0 Å². The molecule has 1 aromatic carbocycles. The van der Waals surface area contributed by atoms with Crippen molar-refractivity contribution in [3.63, 3.8) is 0 Å². The number of benzene rings is 1. The van der Waals surface area contributed by atoms with Crippen LogP contribution in [-0.2, 0) is 0 Å².